The van der Waals surface area contributed by atoms with Crippen molar-refractivity contribution >= 4 is 35.3 Å². The van der Waals surface area contributed by atoms with Gasteiger partial charge in [-0.2, -0.15) is 0 Å². The van der Waals surface area contributed by atoms with Crippen molar-refractivity contribution < 1.29 is 14.0 Å². The fraction of sp³-hybridized carbons (Fsp3) is 0.0968. The van der Waals surface area contributed by atoms with Crippen LogP contribution in [0, 0.1) is 12.7 Å². The number of hydrogen-bond acceptors (Lipinski definition) is 3. The molecule has 0 atom stereocenters. The first-order chi connectivity index (χ1) is 18.0. The third-order valence-corrected chi connectivity index (χ3v) is 7.17. The first kappa shape index (κ1) is 24.5. The van der Waals surface area contributed by atoms with Crippen molar-refractivity contribution in [2.45, 2.75) is 24.9 Å². The monoisotopic (exact) mass is 508 g/mol. The number of rotatable bonds is 6. The first-order valence-electron chi connectivity index (χ1n) is 11.9. The van der Waals surface area contributed by atoms with Gasteiger partial charge in [0.25, 0.3) is 11.8 Å². The molecule has 1 heterocycles. The second-order valence-electron chi connectivity index (χ2n) is 8.89. The minimum atomic E-state index is -0.309. The summed E-state index contributed by atoms with van der Waals surface area (Å²) in [5.74, 6) is -0.576. The average molecular weight is 509 g/mol. The summed E-state index contributed by atoms with van der Waals surface area (Å²) in [6.45, 7) is 2.85. The summed E-state index contributed by atoms with van der Waals surface area (Å²) in [7, 11) is 0. The van der Waals surface area contributed by atoms with E-state index in [2.05, 4.69) is 11.4 Å². The second-order valence-corrected chi connectivity index (χ2v) is 9.97. The third kappa shape index (κ3) is 5.81. The standard InChI is InChI=1S/C31H25FN2O2S/c1-21-5-4-6-24(17-21)20-34-27-7-2-3-8-28(27)37-29(31(34)36)18-22-9-13-25(14-10-22)30(35)33-19-23-11-15-26(32)16-12-23/h2-18H,19-20H2,1H3,(H,33,35)/b29-18+. The van der Waals surface area contributed by atoms with Crippen LogP contribution in [-0.4, -0.2) is 11.8 Å². The van der Waals surface area contributed by atoms with Gasteiger partial charge in [0.1, 0.15) is 5.82 Å². The Labute approximate surface area is 219 Å². The number of aryl methyl sites for hydroxylation is 1. The van der Waals surface area contributed by atoms with Crippen molar-refractivity contribution in [3.05, 3.63) is 136 Å². The molecule has 5 rings (SSSR count). The molecule has 4 nitrogen and oxygen atoms in total. The highest BCUT2D eigenvalue weighted by Crippen LogP contribution is 2.42. The number of benzene rings is 4. The molecule has 0 radical (unpaired) electrons. The van der Waals surface area contributed by atoms with Gasteiger partial charge < -0.3 is 10.2 Å². The lowest BCUT2D eigenvalue weighted by molar-refractivity contribution is -0.114. The summed E-state index contributed by atoms with van der Waals surface area (Å²) >= 11 is 1.46. The van der Waals surface area contributed by atoms with Gasteiger partial charge in [-0.05, 0) is 66.1 Å². The van der Waals surface area contributed by atoms with Crippen LogP contribution in [0.25, 0.3) is 6.08 Å². The molecule has 0 bridgehead atoms. The van der Waals surface area contributed by atoms with Crippen LogP contribution in [0.5, 0.6) is 0 Å². The van der Waals surface area contributed by atoms with Crippen LogP contribution in [0.1, 0.15) is 32.6 Å². The Morgan fingerprint density at radius 3 is 2.43 bits per heavy atom. The number of carbonyl (C=O) groups excluding carboxylic acids is 2. The Kier molecular flexibility index (Phi) is 7.19. The predicted molar refractivity (Wildman–Crippen MR) is 147 cm³/mol. The quantitative estimate of drug-likeness (QED) is 0.293. The number of para-hydroxylation sites is 1. The molecule has 1 N–H and O–H groups in total. The molecule has 0 spiro atoms. The lowest BCUT2D eigenvalue weighted by atomic mass is 10.1. The van der Waals surface area contributed by atoms with Gasteiger partial charge in [0.2, 0.25) is 0 Å². The topological polar surface area (TPSA) is 49.4 Å². The maximum atomic E-state index is 13.5. The van der Waals surface area contributed by atoms with E-state index in [-0.39, 0.29) is 17.6 Å². The van der Waals surface area contributed by atoms with Crippen LogP contribution in [0.3, 0.4) is 0 Å². The van der Waals surface area contributed by atoms with Crippen molar-refractivity contribution in [2.75, 3.05) is 4.90 Å². The molecule has 1 aliphatic heterocycles. The van der Waals surface area contributed by atoms with Crippen molar-refractivity contribution in [1.29, 1.82) is 0 Å². The van der Waals surface area contributed by atoms with Crippen molar-refractivity contribution in [2.24, 2.45) is 0 Å². The Bertz CT molecular complexity index is 1480. The number of nitrogens with zero attached hydrogens (tertiary/aromatic N) is 1. The summed E-state index contributed by atoms with van der Waals surface area (Å²) < 4.78 is 13.1. The Morgan fingerprint density at radius 2 is 1.68 bits per heavy atom. The van der Waals surface area contributed by atoms with E-state index in [0.29, 0.717) is 23.6 Å². The highest BCUT2D eigenvalue weighted by molar-refractivity contribution is 8.04. The number of thioether (sulfide) groups is 1. The second kappa shape index (κ2) is 10.8. The number of amides is 2. The van der Waals surface area contributed by atoms with E-state index in [1.54, 1.807) is 24.3 Å². The van der Waals surface area contributed by atoms with E-state index >= 15 is 0 Å². The SMILES string of the molecule is Cc1cccc(CN2C(=O)/C(=C\c3ccc(C(=O)NCc4ccc(F)cc4)cc3)Sc3ccccc32)c1. The fourth-order valence-corrected chi connectivity index (χ4v) is 5.24. The number of carbonyl (C=O) groups is 2. The Hall–Kier alpha value is -4.16. The minimum absolute atomic E-state index is 0.0497. The average Bonchev–Trinajstić information content (AvgIpc) is 2.91. The van der Waals surface area contributed by atoms with Crippen LogP contribution in [0.2, 0.25) is 0 Å². The number of nitrogens with one attached hydrogen (secondary N) is 1. The molecule has 2 amide bonds. The van der Waals surface area contributed by atoms with E-state index in [4.69, 9.17) is 0 Å². The number of fused-ring (bicyclic) bond motifs is 1. The van der Waals surface area contributed by atoms with Gasteiger partial charge in [0.05, 0.1) is 17.1 Å². The maximum Gasteiger partial charge on any atom is 0.265 e. The molecule has 0 fully saturated rings. The lowest BCUT2D eigenvalue weighted by Gasteiger charge is -2.30. The number of anilines is 1. The van der Waals surface area contributed by atoms with E-state index in [9.17, 15) is 14.0 Å². The number of hydrogen-bond donors (Lipinski definition) is 1. The number of halogens is 1. The molecule has 37 heavy (non-hydrogen) atoms. The maximum absolute atomic E-state index is 13.5. The summed E-state index contributed by atoms with van der Waals surface area (Å²) in [5, 5.41) is 2.84. The predicted octanol–water partition coefficient (Wildman–Crippen LogP) is 6.74. The van der Waals surface area contributed by atoms with E-state index < -0.39 is 0 Å². The van der Waals surface area contributed by atoms with Crippen molar-refractivity contribution in [3.63, 3.8) is 0 Å². The van der Waals surface area contributed by atoms with Gasteiger partial charge in [-0.15, -0.1) is 0 Å². The van der Waals surface area contributed by atoms with E-state index in [0.717, 1.165) is 32.8 Å². The van der Waals surface area contributed by atoms with E-state index in [1.807, 2.05) is 72.5 Å². The first-order valence-corrected chi connectivity index (χ1v) is 12.8. The van der Waals surface area contributed by atoms with Crippen LogP contribution in [0.15, 0.2) is 107 Å². The van der Waals surface area contributed by atoms with Crippen LogP contribution < -0.4 is 10.2 Å². The highest BCUT2D eigenvalue weighted by Gasteiger charge is 2.29. The smallest absolute Gasteiger partial charge is 0.265 e. The molecule has 1 aliphatic rings. The molecule has 0 aromatic heterocycles. The zero-order valence-electron chi connectivity index (χ0n) is 20.3. The van der Waals surface area contributed by atoms with Gasteiger partial charge in [0.15, 0.2) is 0 Å². The minimum Gasteiger partial charge on any atom is -0.348 e. The van der Waals surface area contributed by atoms with Crippen molar-refractivity contribution in [1.82, 2.24) is 5.32 Å². The highest BCUT2D eigenvalue weighted by atomic mass is 32.2. The van der Waals surface area contributed by atoms with Crippen molar-refractivity contribution in [3.8, 4) is 0 Å². The molecule has 4 aromatic carbocycles. The molecule has 0 saturated heterocycles. The third-order valence-electron chi connectivity index (χ3n) is 6.09. The Balaban J connectivity index is 1.33. The molecule has 0 unspecified atom stereocenters. The summed E-state index contributed by atoms with van der Waals surface area (Å²) in [4.78, 5) is 29.6. The summed E-state index contributed by atoms with van der Waals surface area (Å²) in [6.07, 6.45) is 1.87. The Morgan fingerprint density at radius 1 is 0.919 bits per heavy atom. The molecular formula is C31H25FN2O2S. The van der Waals surface area contributed by atoms with Crippen LogP contribution in [-0.2, 0) is 17.9 Å². The van der Waals surface area contributed by atoms with Gasteiger partial charge in [0, 0.05) is 17.0 Å². The summed E-state index contributed by atoms with van der Waals surface area (Å²) in [5.41, 5.74) is 5.30. The summed E-state index contributed by atoms with van der Waals surface area (Å²) in [6, 6.07) is 29.3. The fourth-order valence-electron chi connectivity index (χ4n) is 4.18. The van der Waals surface area contributed by atoms with Crippen LogP contribution >= 0.6 is 11.8 Å². The molecular weight excluding hydrogens is 483 g/mol. The molecule has 6 heteroatoms. The molecule has 0 saturated carbocycles. The lowest BCUT2D eigenvalue weighted by Crippen LogP contribution is -2.33. The van der Waals surface area contributed by atoms with Gasteiger partial charge in [-0.1, -0.05) is 78.0 Å². The van der Waals surface area contributed by atoms with Crippen LogP contribution in [0.4, 0.5) is 10.1 Å². The zero-order valence-corrected chi connectivity index (χ0v) is 21.1. The largest absolute Gasteiger partial charge is 0.348 e. The van der Waals surface area contributed by atoms with E-state index in [1.165, 1.54) is 23.9 Å². The van der Waals surface area contributed by atoms with Gasteiger partial charge in [-0.3, -0.25) is 9.59 Å². The molecule has 4 aromatic rings. The van der Waals surface area contributed by atoms with Gasteiger partial charge in [-0.25, -0.2) is 4.39 Å². The zero-order chi connectivity index (χ0) is 25.8. The molecule has 0 aliphatic carbocycles. The molecule has 184 valence electrons. The van der Waals surface area contributed by atoms with Gasteiger partial charge >= 0.3 is 0 Å². The normalized spacial score (nSPS) is 13.9.